The van der Waals surface area contributed by atoms with Crippen LogP contribution >= 0.6 is 11.3 Å². The van der Waals surface area contributed by atoms with E-state index in [1.165, 1.54) is 4.88 Å². The molecule has 21 heavy (non-hydrogen) atoms. The number of aliphatic hydroxyl groups is 2. The molecule has 1 fully saturated rings. The van der Waals surface area contributed by atoms with Crippen molar-refractivity contribution in [3.05, 3.63) is 21.9 Å². The monoisotopic (exact) mass is 309 g/mol. The predicted molar refractivity (Wildman–Crippen MR) is 84.2 cm³/mol. The minimum absolute atomic E-state index is 0.0987. The highest BCUT2D eigenvalue weighted by molar-refractivity contribution is 7.10. The molecule has 0 aromatic carbocycles. The Morgan fingerprint density at radius 1 is 1.43 bits per heavy atom. The largest absolute Gasteiger partial charge is 0.395 e. The molecule has 2 rings (SSSR count). The summed E-state index contributed by atoms with van der Waals surface area (Å²) in [6.07, 6.45) is 1.90. The highest BCUT2D eigenvalue weighted by atomic mass is 32.1. The number of hydrogen-bond donors (Lipinski definition) is 2. The van der Waals surface area contributed by atoms with Crippen LogP contribution in [0.4, 0.5) is 0 Å². The van der Waals surface area contributed by atoms with E-state index in [1.54, 1.807) is 11.3 Å². The summed E-state index contributed by atoms with van der Waals surface area (Å²) >= 11 is 1.68. The quantitative estimate of drug-likeness (QED) is 0.809. The summed E-state index contributed by atoms with van der Waals surface area (Å²) in [5, 5.41) is 21.4. The van der Waals surface area contributed by atoms with Crippen molar-refractivity contribution in [3.8, 4) is 11.8 Å². The van der Waals surface area contributed by atoms with E-state index in [0.717, 1.165) is 12.1 Å². The first-order valence-electron chi connectivity index (χ1n) is 7.28. The first-order chi connectivity index (χ1) is 10.1. The summed E-state index contributed by atoms with van der Waals surface area (Å²) in [5.41, 5.74) is 0.395. The molecule has 0 spiro atoms. The average Bonchev–Trinajstić information content (AvgIpc) is 2.86. The standard InChI is InChI=1S/C16H23NO3S/c1-17(13-16(19)6-9-20-10-7-16)12-15-14(5-11-21-15)4-2-3-8-18/h5,11,18-19H,3,6-10,12-13H2,1H3. The first kappa shape index (κ1) is 16.5. The molecule has 1 saturated heterocycles. The number of hydrogen-bond acceptors (Lipinski definition) is 5. The van der Waals surface area contributed by atoms with E-state index in [9.17, 15) is 5.11 Å². The fourth-order valence-corrected chi connectivity index (χ4v) is 3.41. The van der Waals surface area contributed by atoms with Gasteiger partial charge in [0, 0.05) is 56.0 Å². The molecule has 1 aromatic heterocycles. The van der Waals surface area contributed by atoms with Gasteiger partial charge in [0.15, 0.2) is 0 Å². The summed E-state index contributed by atoms with van der Waals surface area (Å²) in [6, 6.07) is 2.02. The third-order valence-electron chi connectivity index (χ3n) is 3.61. The van der Waals surface area contributed by atoms with Gasteiger partial charge in [-0.1, -0.05) is 11.8 Å². The van der Waals surface area contributed by atoms with Crippen LogP contribution in [0.2, 0.25) is 0 Å². The molecule has 2 N–H and O–H groups in total. The molecule has 0 amide bonds. The van der Waals surface area contributed by atoms with Gasteiger partial charge < -0.3 is 14.9 Å². The maximum Gasteiger partial charge on any atom is 0.0817 e. The summed E-state index contributed by atoms with van der Waals surface area (Å²) in [5.74, 6) is 6.07. The zero-order valence-corrected chi connectivity index (χ0v) is 13.3. The van der Waals surface area contributed by atoms with Crippen molar-refractivity contribution in [2.75, 3.05) is 33.4 Å². The van der Waals surface area contributed by atoms with Crippen LogP contribution in [0.5, 0.6) is 0 Å². The summed E-state index contributed by atoms with van der Waals surface area (Å²) < 4.78 is 5.31. The van der Waals surface area contributed by atoms with Gasteiger partial charge in [0.1, 0.15) is 0 Å². The minimum atomic E-state index is -0.632. The van der Waals surface area contributed by atoms with Crippen LogP contribution < -0.4 is 0 Å². The van der Waals surface area contributed by atoms with E-state index in [2.05, 4.69) is 16.7 Å². The molecule has 116 valence electrons. The van der Waals surface area contributed by atoms with Crippen molar-refractivity contribution >= 4 is 11.3 Å². The van der Waals surface area contributed by atoms with Crippen molar-refractivity contribution in [2.24, 2.45) is 0 Å². The lowest BCUT2D eigenvalue weighted by Crippen LogP contribution is -2.45. The first-order valence-corrected chi connectivity index (χ1v) is 8.16. The zero-order chi connectivity index (χ0) is 15.1. The van der Waals surface area contributed by atoms with E-state index in [-0.39, 0.29) is 6.61 Å². The van der Waals surface area contributed by atoms with Crippen LogP contribution in [-0.4, -0.2) is 54.1 Å². The van der Waals surface area contributed by atoms with Crippen LogP contribution in [0.25, 0.3) is 0 Å². The Bertz CT molecular complexity index is 497. The van der Waals surface area contributed by atoms with E-state index >= 15 is 0 Å². The summed E-state index contributed by atoms with van der Waals surface area (Å²) in [4.78, 5) is 3.35. The maximum atomic E-state index is 10.5. The van der Waals surface area contributed by atoms with Crippen LogP contribution in [0, 0.1) is 11.8 Å². The number of likely N-dealkylation sites (N-methyl/N-ethyl adjacent to an activating group) is 1. The summed E-state index contributed by atoms with van der Waals surface area (Å²) in [6.45, 7) is 2.81. The topological polar surface area (TPSA) is 52.9 Å². The molecule has 1 aliphatic rings. The highest BCUT2D eigenvalue weighted by Gasteiger charge is 2.31. The van der Waals surface area contributed by atoms with Gasteiger partial charge in [0.2, 0.25) is 0 Å². The van der Waals surface area contributed by atoms with Crippen molar-refractivity contribution in [1.82, 2.24) is 4.90 Å². The lowest BCUT2D eigenvalue weighted by Gasteiger charge is -2.35. The molecule has 0 saturated carbocycles. The molecule has 0 aliphatic carbocycles. The SMILES string of the molecule is CN(Cc1sccc1C#CCCO)CC1(O)CCOCC1. The normalized spacial score (nSPS) is 17.5. The van der Waals surface area contributed by atoms with E-state index in [1.807, 2.05) is 18.5 Å². The second-order valence-corrected chi connectivity index (χ2v) is 6.54. The molecule has 4 nitrogen and oxygen atoms in total. The van der Waals surface area contributed by atoms with Gasteiger partial charge in [-0.15, -0.1) is 11.3 Å². The van der Waals surface area contributed by atoms with Gasteiger partial charge in [0.25, 0.3) is 0 Å². The van der Waals surface area contributed by atoms with Crippen LogP contribution in [0.1, 0.15) is 29.7 Å². The Morgan fingerprint density at radius 2 is 2.19 bits per heavy atom. The second-order valence-electron chi connectivity index (χ2n) is 5.54. The maximum absolute atomic E-state index is 10.5. The van der Waals surface area contributed by atoms with Crippen molar-refractivity contribution < 1.29 is 14.9 Å². The van der Waals surface area contributed by atoms with Gasteiger partial charge >= 0.3 is 0 Å². The fourth-order valence-electron chi connectivity index (χ4n) is 2.50. The van der Waals surface area contributed by atoms with Gasteiger partial charge in [-0.25, -0.2) is 0 Å². The molecule has 0 atom stereocenters. The van der Waals surface area contributed by atoms with E-state index in [0.29, 0.717) is 39.0 Å². The van der Waals surface area contributed by atoms with Crippen molar-refractivity contribution in [3.63, 3.8) is 0 Å². The Kier molecular flexibility index (Phi) is 6.22. The number of aliphatic hydroxyl groups excluding tert-OH is 1. The van der Waals surface area contributed by atoms with Crippen LogP contribution in [0.3, 0.4) is 0 Å². The Labute approximate surface area is 130 Å². The number of thiophene rings is 1. The molecule has 2 heterocycles. The van der Waals surface area contributed by atoms with Gasteiger partial charge in [-0.2, -0.15) is 0 Å². The van der Waals surface area contributed by atoms with Crippen molar-refractivity contribution in [1.29, 1.82) is 0 Å². The average molecular weight is 309 g/mol. The van der Waals surface area contributed by atoms with E-state index in [4.69, 9.17) is 9.84 Å². The van der Waals surface area contributed by atoms with Crippen LogP contribution in [-0.2, 0) is 11.3 Å². The summed E-state index contributed by atoms with van der Waals surface area (Å²) in [7, 11) is 2.03. The third kappa shape index (κ3) is 5.10. The molecular weight excluding hydrogens is 286 g/mol. The lowest BCUT2D eigenvalue weighted by molar-refractivity contribution is -0.0776. The second kappa shape index (κ2) is 7.92. The van der Waals surface area contributed by atoms with Gasteiger partial charge in [-0.05, 0) is 18.5 Å². The highest BCUT2D eigenvalue weighted by Crippen LogP contribution is 2.23. The lowest BCUT2D eigenvalue weighted by atomic mass is 9.94. The molecule has 0 unspecified atom stereocenters. The molecular formula is C16H23NO3S. The smallest absolute Gasteiger partial charge is 0.0817 e. The van der Waals surface area contributed by atoms with Gasteiger partial charge in [0.05, 0.1) is 12.2 Å². The number of rotatable bonds is 5. The Balaban J connectivity index is 1.92. The fraction of sp³-hybridized carbons (Fsp3) is 0.625. The van der Waals surface area contributed by atoms with Crippen LogP contribution in [0.15, 0.2) is 11.4 Å². The predicted octanol–water partition coefficient (Wildman–Crippen LogP) is 1.46. The molecule has 1 aromatic rings. The molecule has 0 radical (unpaired) electrons. The van der Waals surface area contributed by atoms with E-state index < -0.39 is 5.60 Å². The minimum Gasteiger partial charge on any atom is -0.395 e. The molecule has 5 heteroatoms. The number of ether oxygens (including phenoxy) is 1. The number of nitrogens with zero attached hydrogens (tertiary/aromatic N) is 1. The molecule has 1 aliphatic heterocycles. The Morgan fingerprint density at radius 3 is 2.90 bits per heavy atom. The molecule has 0 bridgehead atoms. The zero-order valence-electron chi connectivity index (χ0n) is 12.5. The van der Waals surface area contributed by atoms with Gasteiger partial charge in [-0.3, -0.25) is 4.90 Å². The third-order valence-corrected chi connectivity index (χ3v) is 4.51. The van der Waals surface area contributed by atoms with Crippen molar-refractivity contribution in [2.45, 2.75) is 31.4 Å². The Hall–Kier alpha value is -0.900.